The first kappa shape index (κ1) is 17.0. The minimum atomic E-state index is -0.453. The van der Waals surface area contributed by atoms with E-state index in [1.807, 2.05) is 6.07 Å². The van der Waals surface area contributed by atoms with E-state index in [2.05, 4.69) is 5.32 Å². The van der Waals surface area contributed by atoms with E-state index in [1.165, 1.54) is 18.1 Å². The van der Waals surface area contributed by atoms with Crippen LogP contribution in [-0.2, 0) is 17.8 Å². The second-order valence-corrected chi connectivity index (χ2v) is 6.05. The molecule has 1 aliphatic rings. The second-order valence-electron chi connectivity index (χ2n) is 6.05. The van der Waals surface area contributed by atoms with Crippen molar-refractivity contribution in [1.82, 2.24) is 4.90 Å². The predicted octanol–water partition coefficient (Wildman–Crippen LogP) is 2.99. The van der Waals surface area contributed by atoms with E-state index < -0.39 is 5.82 Å². The molecule has 5 nitrogen and oxygen atoms in total. The van der Waals surface area contributed by atoms with Crippen LogP contribution in [0.5, 0.6) is 5.75 Å². The van der Waals surface area contributed by atoms with E-state index in [4.69, 9.17) is 4.74 Å². The standard InChI is InChI=1S/C19H19FN2O3/c1-22(11-12-3-7-17(25-2)15(20)9-12)19(24)14-4-6-16-13(10-14)5-8-18(23)21-16/h3-4,6-7,9-10H,5,8,11H2,1-2H3,(H,21,23). The maximum absolute atomic E-state index is 13.8. The summed E-state index contributed by atoms with van der Waals surface area (Å²) in [4.78, 5) is 25.6. The Morgan fingerprint density at radius 3 is 2.76 bits per heavy atom. The summed E-state index contributed by atoms with van der Waals surface area (Å²) >= 11 is 0. The quantitative estimate of drug-likeness (QED) is 0.929. The number of nitrogens with zero attached hydrogens (tertiary/aromatic N) is 1. The fraction of sp³-hybridized carbons (Fsp3) is 0.263. The first-order chi connectivity index (χ1) is 12.0. The predicted molar refractivity (Wildman–Crippen MR) is 92.1 cm³/mol. The molecule has 130 valence electrons. The van der Waals surface area contributed by atoms with E-state index in [-0.39, 0.29) is 24.1 Å². The van der Waals surface area contributed by atoms with Crippen molar-refractivity contribution in [2.45, 2.75) is 19.4 Å². The number of rotatable bonds is 4. The highest BCUT2D eigenvalue weighted by atomic mass is 19.1. The molecule has 1 heterocycles. The van der Waals surface area contributed by atoms with E-state index in [0.29, 0.717) is 24.0 Å². The molecule has 1 aliphatic heterocycles. The van der Waals surface area contributed by atoms with Crippen LogP contribution in [0.3, 0.4) is 0 Å². The lowest BCUT2D eigenvalue weighted by atomic mass is 10.00. The SMILES string of the molecule is COc1ccc(CN(C)C(=O)c2ccc3c(c2)CCC(=O)N3)cc1F. The Morgan fingerprint density at radius 2 is 2.04 bits per heavy atom. The number of nitrogens with one attached hydrogen (secondary N) is 1. The average Bonchev–Trinajstić information content (AvgIpc) is 2.60. The molecule has 25 heavy (non-hydrogen) atoms. The Bertz CT molecular complexity index is 835. The minimum Gasteiger partial charge on any atom is -0.494 e. The zero-order valence-corrected chi connectivity index (χ0v) is 14.1. The molecule has 0 saturated heterocycles. The van der Waals surface area contributed by atoms with Gasteiger partial charge in [-0.05, 0) is 47.9 Å². The largest absolute Gasteiger partial charge is 0.494 e. The Balaban J connectivity index is 1.74. The van der Waals surface area contributed by atoms with Crippen LogP contribution in [0.2, 0.25) is 0 Å². The van der Waals surface area contributed by atoms with Gasteiger partial charge in [0, 0.05) is 31.3 Å². The van der Waals surface area contributed by atoms with Crippen LogP contribution in [0, 0.1) is 5.82 Å². The normalized spacial score (nSPS) is 13.0. The van der Waals surface area contributed by atoms with Gasteiger partial charge in [0.25, 0.3) is 5.91 Å². The second kappa shape index (κ2) is 6.93. The number of aryl methyl sites for hydroxylation is 1. The summed E-state index contributed by atoms with van der Waals surface area (Å²) in [6.45, 7) is 0.285. The minimum absolute atomic E-state index is 0.00905. The van der Waals surface area contributed by atoms with Crippen molar-refractivity contribution in [3.63, 3.8) is 0 Å². The third-order valence-electron chi connectivity index (χ3n) is 4.23. The highest BCUT2D eigenvalue weighted by molar-refractivity contribution is 5.97. The summed E-state index contributed by atoms with van der Waals surface area (Å²) in [5.41, 5.74) is 2.94. The van der Waals surface area contributed by atoms with Crippen molar-refractivity contribution >= 4 is 17.5 Å². The van der Waals surface area contributed by atoms with Gasteiger partial charge in [0.15, 0.2) is 11.6 Å². The van der Waals surface area contributed by atoms with Gasteiger partial charge in [0.2, 0.25) is 5.91 Å². The van der Waals surface area contributed by atoms with Gasteiger partial charge in [-0.25, -0.2) is 4.39 Å². The average molecular weight is 342 g/mol. The van der Waals surface area contributed by atoms with Crippen LogP contribution in [0.25, 0.3) is 0 Å². The molecule has 2 amide bonds. The lowest BCUT2D eigenvalue weighted by molar-refractivity contribution is -0.116. The van der Waals surface area contributed by atoms with Gasteiger partial charge in [0.05, 0.1) is 7.11 Å². The topological polar surface area (TPSA) is 58.6 Å². The lowest BCUT2D eigenvalue weighted by Crippen LogP contribution is -2.27. The molecule has 2 aromatic carbocycles. The number of fused-ring (bicyclic) bond motifs is 1. The van der Waals surface area contributed by atoms with Crippen LogP contribution >= 0.6 is 0 Å². The van der Waals surface area contributed by atoms with Crippen molar-refractivity contribution < 1.29 is 18.7 Å². The molecule has 0 atom stereocenters. The van der Waals surface area contributed by atoms with Crippen molar-refractivity contribution in [1.29, 1.82) is 0 Å². The third kappa shape index (κ3) is 3.63. The number of anilines is 1. The number of amides is 2. The lowest BCUT2D eigenvalue weighted by Gasteiger charge is -2.20. The first-order valence-corrected chi connectivity index (χ1v) is 7.98. The van der Waals surface area contributed by atoms with Crippen LogP contribution in [0.4, 0.5) is 10.1 Å². The highest BCUT2D eigenvalue weighted by Crippen LogP contribution is 2.24. The Kier molecular flexibility index (Phi) is 4.70. The molecule has 0 unspecified atom stereocenters. The van der Waals surface area contributed by atoms with E-state index in [0.717, 1.165) is 11.3 Å². The van der Waals surface area contributed by atoms with Crippen molar-refractivity contribution in [3.05, 3.63) is 58.9 Å². The van der Waals surface area contributed by atoms with Gasteiger partial charge >= 0.3 is 0 Å². The van der Waals surface area contributed by atoms with Gasteiger partial charge in [-0.15, -0.1) is 0 Å². The number of halogens is 1. The van der Waals surface area contributed by atoms with Crippen LogP contribution < -0.4 is 10.1 Å². The smallest absolute Gasteiger partial charge is 0.253 e. The van der Waals surface area contributed by atoms with Gasteiger partial charge in [-0.2, -0.15) is 0 Å². The number of carbonyl (C=O) groups excluding carboxylic acids is 2. The van der Waals surface area contributed by atoms with Gasteiger partial charge < -0.3 is 15.0 Å². The summed E-state index contributed by atoms with van der Waals surface area (Å²) in [6, 6.07) is 9.89. The van der Waals surface area contributed by atoms with E-state index in [1.54, 1.807) is 31.3 Å². The molecule has 0 radical (unpaired) electrons. The fourth-order valence-electron chi connectivity index (χ4n) is 2.89. The zero-order chi connectivity index (χ0) is 18.0. The molecule has 3 rings (SSSR count). The van der Waals surface area contributed by atoms with Crippen molar-refractivity contribution in [2.75, 3.05) is 19.5 Å². The van der Waals surface area contributed by atoms with Gasteiger partial charge in [-0.1, -0.05) is 6.07 Å². The van der Waals surface area contributed by atoms with E-state index in [9.17, 15) is 14.0 Å². The van der Waals surface area contributed by atoms with Gasteiger partial charge in [-0.3, -0.25) is 9.59 Å². The molecule has 0 aromatic heterocycles. The summed E-state index contributed by atoms with van der Waals surface area (Å²) in [5, 5.41) is 2.79. The maximum atomic E-state index is 13.8. The molecular formula is C19H19FN2O3. The number of methoxy groups -OCH3 is 1. The fourth-order valence-corrected chi connectivity index (χ4v) is 2.89. The summed E-state index contributed by atoms with van der Waals surface area (Å²) < 4.78 is 18.7. The molecule has 0 saturated carbocycles. The number of benzene rings is 2. The number of carbonyl (C=O) groups is 2. The molecule has 0 aliphatic carbocycles. The summed E-state index contributed by atoms with van der Waals surface area (Å²) in [7, 11) is 3.08. The van der Waals surface area contributed by atoms with Crippen LogP contribution in [-0.4, -0.2) is 30.9 Å². The molecule has 2 aromatic rings. The Labute approximate surface area is 145 Å². The van der Waals surface area contributed by atoms with Crippen molar-refractivity contribution in [3.8, 4) is 5.75 Å². The molecule has 6 heteroatoms. The summed E-state index contributed by atoms with van der Waals surface area (Å²) in [5.74, 6) is -0.444. The molecule has 0 bridgehead atoms. The third-order valence-corrected chi connectivity index (χ3v) is 4.23. The molecule has 0 spiro atoms. The summed E-state index contributed by atoms with van der Waals surface area (Å²) in [6.07, 6.45) is 1.04. The van der Waals surface area contributed by atoms with E-state index >= 15 is 0 Å². The van der Waals surface area contributed by atoms with Crippen LogP contribution in [0.15, 0.2) is 36.4 Å². The maximum Gasteiger partial charge on any atom is 0.253 e. The molecule has 1 N–H and O–H groups in total. The highest BCUT2D eigenvalue weighted by Gasteiger charge is 2.18. The molecular weight excluding hydrogens is 323 g/mol. The number of hydrogen-bond donors (Lipinski definition) is 1. The Hall–Kier alpha value is -2.89. The Morgan fingerprint density at radius 1 is 1.24 bits per heavy atom. The first-order valence-electron chi connectivity index (χ1n) is 7.98. The van der Waals surface area contributed by atoms with Crippen molar-refractivity contribution in [2.24, 2.45) is 0 Å². The monoisotopic (exact) mass is 342 g/mol. The molecule has 0 fully saturated rings. The zero-order valence-electron chi connectivity index (χ0n) is 14.1. The number of ether oxygens (including phenoxy) is 1. The number of hydrogen-bond acceptors (Lipinski definition) is 3. The van der Waals surface area contributed by atoms with Crippen LogP contribution in [0.1, 0.15) is 27.9 Å². The van der Waals surface area contributed by atoms with Gasteiger partial charge in [0.1, 0.15) is 0 Å².